The Balaban J connectivity index is 1.28. The first-order chi connectivity index (χ1) is 14.2. The predicted octanol–water partition coefficient (Wildman–Crippen LogP) is 2.05. The first-order valence-corrected chi connectivity index (χ1v) is 10.4. The highest BCUT2D eigenvalue weighted by molar-refractivity contribution is 5.79. The number of aromatic nitrogens is 2. The molecule has 7 nitrogen and oxygen atoms in total. The van der Waals surface area contributed by atoms with E-state index in [1.807, 2.05) is 23.1 Å². The molecule has 4 rings (SSSR count). The predicted molar refractivity (Wildman–Crippen MR) is 112 cm³/mol. The van der Waals surface area contributed by atoms with E-state index in [2.05, 4.69) is 31.9 Å². The number of anilines is 1. The van der Waals surface area contributed by atoms with Gasteiger partial charge in [0.1, 0.15) is 5.75 Å². The van der Waals surface area contributed by atoms with Crippen molar-refractivity contribution in [3.8, 4) is 5.75 Å². The number of rotatable bonds is 5. The third-order valence-electron chi connectivity index (χ3n) is 5.85. The zero-order valence-electron chi connectivity index (χ0n) is 17.0. The molecule has 2 saturated heterocycles. The lowest BCUT2D eigenvalue weighted by Gasteiger charge is -2.39. The van der Waals surface area contributed by atoms with Gasteiger partial charge in [0.2, 0.25) is 11.9 Å². The van der Waals surface area contributed by atoms with E-state index in [0.29, 0.717) is 0 Å². The third-order valence-corrected chi connectivity index (χ3v) is 5.85. The number of ether oxygens (including phenoxy) is 1. The van der Waals surface area contributed by atoms with Gasteiger partial charge in [0, 0.05) is 58.2 Å². The average Bonchev–Trinajstić information content (AvgIpc) is 2.80. The molecule has 2 fully saturated rings. The minimum Gasteiger partial charge on any atom is -0.497 e. The summed E-state index contributed by atoms with van der Waals surface area (Å²) in [7, 11) is 1.68. The maximum Gasteiger partial charge on any atom is 0.227 e. The van der Waals surface area contributed by atoms with Crippen molar-refractivity contribution in [2.45, 2.75) is 19.4 Å². The van der Waals surface area contributed by atoms with Gasteiger partial charge < -0.3 is 14.5 Å². The van der Waals surface area contributed by atoms with Gasteiger partial charge in [-0.15, -0.1) is 0 Å². The van der Waals surface area contributed by atoms with Crippen LogP contribution in [0.4, 0.5) is 5.95 Å². The van der Waals surface area contributed by atoms with Crippen molar-refractivity contribution in [3.05, 3.63) is 48.3 Å². The van der Waals surface area contributed by atoms with Crippen LogP contribution in [-0.4, -0.2) is 72.1 Å². The smallest absolute Gasteiger partial charge is 0.227 e. The molecule has 0 saturated carbocycles. The Bertz CT molecular complexity index is 791. The highest BCUT2D eigenvalue weighted by atomic mass is 16.5. The Hall–Kier alpha value is -2.67. The molecule has 0 radical (unpaired) electrons. The van der Waals surface area contributed by atoms with Gasteiger partial charge >= 0.3 is 0 Å². The van der Waals surface area contributed by atoms with Gasteiger partial charge in [0.25, 0.3) is 0 Å². The second-order valence-corrected chi connectivity index (χ2v) is 7.78. The number of amides is 1. The molecule has 0 spiro atoms. The summed E-state index contributed by atoms with van der Waals surface area (Å²) in [5.41, 5.74) is 1.27. The van der Waals surface area contributed by atoms with Crippen LogP contribution in [-0.2, 0) is 11.3 Å². The summed E-state index contributed by atoms with van der Waals surface area (Å²) in [4.78, 5) is 28.4. The lowest BCUT2D eigenvalue weighted by atomic mass is 9.96. The minimum absolute atomic E-state index is 0.0423. The molecule has 3 heterocycles. The molecular formula is C22H29N5O2. The molecule has 154 valence electrons. The fourth-order valence-corrected chi connectivity index (χ4v) is 4.19. The highest BCUT2D eigenvalue weighted by Crippen LogP contribution is 2.23. The molecule has 29 heavy (non-hydrogen) atoms. The second kappa shape index (κ2) is 9.22. The first-order valence-electron chi connectivity index (χ1n) is 10.4. The largest absolute Gasteiger partial charge is 0.497 e. The van der Waals surface area contributed by atoms with E-state index in [1.54, 1.807) is 19.5 Å². The van der Waals surface area contributed by atoms with E-state index in [-0.39, 0.29) is 11.8 Å². The number of hydrogen-bond acceptors (Lipinski definition) is 6. The summed E-state index contributed by atoms with van der Waals surface area (Å²) >= 11 is 0. The molecule has 1 aromatic heterocycles. The van der Waals surface area contributed by atoms with Crippen LogP contribution < -0.4 is 9.64 Å². The molecule has 2 aliphatic heterocycles. The van der Waals surface area contributed by atoms with Gasteiger partial charge in [0.15, 0.2) is 0 Å². The second-order valence-electron chi connectivity index (χ2n) is 7.78. The molecule has 0 unspecified atom stereocenters. The van der Waals surface area contributed by atoms with E-state index in [9.17, 15) is 4.79 Å². The number of carbonyl (C=O) groups excluding carboxylic acids is 1. The Labute approximate surface area is 172 Å². The first kappa shape index (κ1) is 19.6. The summed E-state index contributed by atoms with van der Waals surface area (Å²) in [5, 5.41) is 0. The minimum atomic E-state index is 0.0423. The number of carbonyl (C=O) groups is 1. The van der Waals surface area contributed by atoms with Gasteiger partial charge in [-0.2, -0.15) is 0 Å². The van der Waals surface area contributed by atoms with Crippen molar-refractivity contribution < 1.29 is 9.53 Å². The third kappa shape index (κ3) is 4.85. The fourth-order valence-electron chi connectivity index (χ4n) is 4.19. The normalized spacial score (nSPS) is 20.5. The van der Waals surface area contributed by atoms with Crippen molar-refractivity contribution in [2.24, 2.45) is 5.92 Å². The maximum atomic E-state index is 13.1. The molecule has 0 aliphatic carbocycles. The van der Waals surface area contributed by atoms with Crippen LogP contribution in [0.25, 0.3) is 0 Å². The average molecular weight is 396 g/mol. The van der Waals surface area contributed by atoms with Crippen LogP contribution in [0.2, 0.25) is 0 Å². The molecule has 1 aromatic carbocycles. The number of hydrogen-bond donors (Lipinski definition) is 0. The summed E-state index contributed by atoms with van der Waals surface area (Å²) in [5.74, 6) is 1.94. The fraction of sp³-hybridized carbons (Fsp3) is 0.500. The lowest BCUT2D eigenvalue weighted by molar-refractivity contribution is -0.137. The van der Waals surface area contributed by atoms with Crippen molar-refractivity contribution >= 4 is 11.9 Å². The van der Waals surface area contributed by atoms with E-state index < -0.39 is 0 Å². The van der Waals surface area contributed by atoms with Crippen LogP contribution in [0.1, 0.15) is 18.4 Å². The maximum absolute atomic E-state index is 13.1. The highest BCUT2D eigenvalue weighted by Gasteiger charge is 2.31. The van der Waals surface area contributed by atoms with Crippen molar-refractivity contribution in [3.63, 3.8) is 0 Å². The molecule has 2 aliphatic rings. The SMILES string of the molecule is COc1ccc(CN2CCN(C(=O)[C@@H]3CCCN(c4ncccn4)C3)CC2)cc1. The molecule has 0 N–H and O–H groups in total. The number of benzene rings is 1. The Morgan fingerprint density at radius 2 is 1.79 bits per heavy atom. The molecular weight excluding hydrogens is 366 g/mol. The van der Waals surface area contributed by atoms with Gasteiger partial charge in [0.05, 0.1) is 13.0 Å². The van der Waals surface area contributed by atoms with Crippen LogP contribution in [0, 0.1) is 5.92 Å². The zero-order valence-corrected chi connectivity index (χ0v) is 17.0. The van der Waals surface area contributed by atoms with Crippen LogP contribution in [0.15, 0.2) is 42.7 Å². The molecule has 2 aromatic rings. The van der Waals surface area contributed by atoms with Crippen molar-refractivity contribution in [1.82, 2.24) is 19.8 Å². The molecule has 0 bridgehead atoms. The Morgan fingerprint density at radius 1 is 1.07 bits per heavy atom. The van der Waals surface area contributed by atoms with Gasteiger partial charge in [-0.25, -0.2) is 9.97 Å². The van der Waals surface area contributed by atoms with Crippen LogP contribution >= 0.6 is 0 Å². The quantitative estimate of drug-likeness (QED) is 0.772. The summed E-state index contributed by atoms with van der Waals surface area (Å²) in [6.45, 7) is 5.97. The number of nitrogens with zero attached hydrogens (tertiary/aromatic N) is 5. The summed E-state index contributed by atoms with van der Waals surface area (Å²) in [6.07, 6.45) is 5.48. The van der Waals surface area contributed by atoms with E-state index in [0.717, 1.165) is 70.4 Å². The van der Waals surface area contributed by atoms with E-state index in [4.69, 9.17) is 4.74 Å². The molecule has 7 heteroatoms. The summed E-state index contributed by atoms with van der Waals surface area (Å²) < 4.78 is 5.22. The van der Waals surface area contributed by atoms with Crippen LogP contribution in [0.5, 0.6) is 5.75 Å². The van der Waals surface area contributed by atoms with E-state index in [1.165, 1.54) is 5.56 Å². The molecule has 1 atom stereocenters. The standard InChI is InChI=1S/C22H29N5O2/c1-29-20-7-5-18(6-8-20)16-25-12-14-26(15-13-25)21(28)19-4-2-11-27(17-19)22-23-9-3-10-24-22/h3,5-10,19H,2,4,11-17H2,1H3/t19-/m1/s1. The monoisotopic (exact) mass is 395 g/mol. The zero-order chi connectivity index (χ0) is 20.1. The Morgan fingerprint density at radius 3 is 2.48 bits per heavy atom. The molecule has 1 amide bonds. The summed E-state index contributed by atoms with van der Waals surface area (Å²) in [6, 6.07) is 10.0. The Kier molecular flexibility index (Phi) is 6.24. The van der Waals surface area contributed by atoms with Gasteiger partial charge in [-0.3, -0.25) is 9.69 Å². The van der Waals surface area contributed by atoms with Crippen LogP contribution in [0.3, 0.4) is 0 Å². The number of piperazine rings is 1. The van der Waals surface area contributed by atoms with Gasteiger partial charge in [-0.05, 0) is 36.6 Å². The topological polar surface area (TPSA) is 61.8 Å². The van der Waals surface area contributed by atoms with Crippen molar-refractivity contribution in [1.29, 1.82) is 0 Å². The number of methoxy groups -OCH3 is 1. The number of piperidine rings is 1. The van der Waals surface area contributed by atoms with E-state index >= 15 is 0 Å². The van der Waals surface area contributed by atoms with Crippen molar-refractivity contribution in [2.75, 3.05) is 51.3 Å². The lowest BCUT2D eigenvalue weighted by Crippen LogP contribution is -2.52. The van der Waals surface area contributed by atoms with Gasteiger partial charge in [-0.1, -0.05) is 12.1 Å².